The van der Waals surface area contributed by atoms with Gasteiger partial charge < -0.3 is 5.32 Å². The summed E-state index contributed by atoms with van der Waals surface area (Å²) in [5, 5.41) is 3.47. The third-order valence-corrected chi connectivity index (χ3v) is 4.11. The van der Waals surface area contributed by atoms with Crippen molar-refractivity contribution in [3.63, 3.8) is 0 Å². The third kappa shape index (κ3) is 4.12. The maximum atomic E-state index is 12.5. The van der Waals surface area contributed by atoms with Gasteiger partial charge in [0.05, 0.1) is 6.42 Å². The largest absolute Gasteiger partial charge is 0.390 e. The summed E-state index contributed by atoms with van der Waals surface area (Å²) in [6.45, 7) is 9.37. The molecule has 3 unspecified atom stereocenters. The molecule has 0 aromatic carbocycles. The van der Waals surface area contributed by atoms with E-state index in [1.54, 1.807) is 6.92 Å². The second-order valence-corrected chi connectivity index (χ2v) is 5.70. The first kappa shape index (κ1) is 15.8. The van der Waals surface area contributed by atoms with Crippen LogP contribution in [0.5, 0.6) is 0 Å². The van der Waals surface area contributed by atoms with Crippen LogP contribution in [-0.4, -0.2) is 41.8 Å². The van der Waals surface area contributed by atoms with Gasteiger partial charge in [-0.2, -0.15) is 13.2 Å². The van der Waals surface area contributed by atoms with Gasteiger partial charge in [-0.15, -0.1) is 0 Å². The maximum absolute atomic E-state index is 12.5. The highest BCUT2D eigenvalue weighted by Crippen LogP contribution is 2.28. The molecule has 1 aliphatic rings. The number of nitrogens with one attached hydrogen (secondary N) is 1. The summed E-state index contributed by atoms with van der Waals surface area (Å²) in [7, 11) is 0. The topological polar surface area (TPSA) is 15.3 Å². The minimum Gasteiger partial charge on any atom is -0.309 e. The summed E-state index contributed by atoms with van der Waals surface area (Å²) < 4.78 is 37.6. The molecule has 18 heavy (non-hydrogen) atoms. The van der Waals surface area contributed by atoms with Gasteiger partial charge in [-0.1, -0.05) is 13.8 Å². The molecule has 1 rings (SSSR count). The Kier molecular flexibility index (Phi) is 5.06. The van der Waals surface area contributed by atoms with Gasteiger partial charge in [-0.25, -0.2) is 0 Å². The van der Waals surface area contributed by atoms with Gasteiger partial charge in [0, 0.05) is 30.7 Å². The molecule has 3 atom stereocenters. The summed E-state index contributed by atoms with van der Waals surface area (Å²) in [6, 6.07) is -0.232. The molecule has 1 aliphatic heterocycles. The fraction of sp³-hybridized carbons (Fsp3) is 1.00. The number of hydrogen-bond donors (Lipinski definition) is 1. The lowest BCUT2D eigenvalue weighted by Crippen LogP contribution is -2.64. The number of rotatable bonds is 4. The monoisotopic (exact) mass is 266 g/mol. The number of nitrogens with zero attached hydrogens (tertiary/aromatic N) is 1. The molecule has 1 N–H and O–H groups in total. The zero-order valence-corrected chi connectivity index (χ0v) is 11.8. The normalized spacial score (nSPS) is 32.5. The standard InChI is InChI=1S/C13H25F3N2/c1-5-11-8-17-12(4,6-2)9-18(11)10(3)7-13(14,15)16/h10-11,17H,5-9H2,1-4H3. The van der Waals surface area contributed by atoms with E-state index < -0.39 is 18.6 Å². The Morgan fingerprint density at radius 1 is 1.39 bits per heavy atom. The average Bonchev–Trinajstić information content (AvgIpc) is 2.27. The van der Waals surface area contributed by atoms with Gasteiger partial charge in [0.2, 0.25) is 0 Å². The molecule has 2 nitrogen and oxygen atoms in total. The fourth-order valence-corrected chi connectivity index (χ4v) is 2.65. The molecule has 0 spiro atoms. The van der Waals surface area contributed by atoms with Crippen molar-refractivity contribution >= 4 is 0 Å². The molecule has 1 fully saturated rings. The lowest BCUT2D eigenvalue weighted by molar-refractivity contribution is -0.150. The van der Waals surface area contributed by atoms with Gasteiger partial charge in [0.25, 0.3) is 0 Å². The lowest BCUT2D eigenvalue weighted by atomic mass is 9.91. The van der Waals surface area contributed by atoms with E-state index in [9.17, 15) is 13.2 Å². The lowest BCUT2D eigenvalue weighted by Gasteiger charge is -2.48. The van der Waals surface area contributed by atoms with Crippen LogP contribution in [0.1, 0.15) is 47.0 Å². The van der Waals surface area contributed by atoms with Crippen molar-refractivity contribution in [3.05, 3.63) is 0 Å². The van der Waals surface area contributed by atoms with E-state index in [0.29, 0.717) is 6.54 Å². The van der Waals surface area contributed by atoms with Crippen molar-refractivity contribution in [3.8, 4) is 0 Å². The first-order chi connectivity index (χ1) is 8.21. The van der Waals surface area contributed by atoms with E-state index >= 15 is 0 Å². The second kappa shape index (κ2) is 5.78. The number of alkyl halides is 3. The van der Waals surface area contributed by atoms with Crippen molar-refractivity contribution < 1.29 is 13.2 Å². The van der Waals surface area contributed by atoms with Crippen molar-refractivity contribution in [2.75, 3.05) is 13.1 Å². The maximum Gasteiger partial charge on any atom is 0.390 e. The summed E-state index contributed by atoms with van der Waals surface area (Å²) in [6.07, 6.45) is -2.98. The van der Waals surface area contributed by atoms with Crippen molar-refractivity contribution in [2.24, 2.45) is 0 Å². The van der Waals surface area contributed by atoms with Crippen molar-refractivity contribution in [1.82, 2.24) is 10.2 Å². The highest BCUT2D eigenvalue weighted by atomic mass is 19.4. The minimum absolute atomic E-state index is 0.0640. The van der Waals surface area contributed by atoms with Gasteiger partial charge in [0.1, 0.15) is 0 Å². The van der Waals surface area contributed by atoms with Gasteiger partial charge >= 0.3 is 6.18 Å². The SMILES string of the molecule is CCC1CNC(C)(CC)CN1C(C)CC(F)(F)F. The van der Waals surface area contributed by atoms with E-state index in [0.717, 1.165) is 19.4 Å². The van der Waals surface area contributed by atoms with Gasteiger partial charge in [0.15, 0.2) is 0 Å². The third-order valence-electron chi connectivity index (χ3n) is 4.11. The molecular formula is C13H25F3N2. The minimum atomic E-state index is -4.08. The fourth-order valence-electron chi connectivity index (χ4n) is 2.65. The highest BCUT2D eigenvalue weighted by molar-refractivity contribution is 4.95. The highest BCUT2D eigenvalue weighted by Gasteiger charge is 2.39. The molecule has 108 valence electrons. The smallest absolute Gasteiger partial charge is 0.309 e. The van der Waals surface area contributed by atoms with Crippen molar-refractivity contribution in [2.45, 2.75) is 70.8 Å². The van der Waals surface area contributed by atoms with Crippen LogP contribution in [0.3, 0.4) is 0 Å². The molecule has 1 saturated heterocycles. The Bertz CT molecular complexity index is 267. The Balaban J connectivity index is 2.74. The number of hydrogen-bond acceptors (Lipinski definition) is 2. The summed E-state index contributed by atoms with van der Waals surface area (Å²) >= 11 is 0. The molecule has 0 amide bonds. The van der Waals surface area contributed by atoms with Crippen LogP contribution in [0.15, 0.2) is 0 Å². The van der Waals surface area contributed by atoms with Crippen LogP contribution in [0.25, 0.3) is 0 Å². The van der Waals surface area contributed by atoms with Crippen LogP contribution in [-0.2, 0) is 0 Å². The molecule has 0 bridgehead atoms. The van der Waals surface area contributed by atoms with E-state index in [1.165, 1.54) is 0 Å². The second-order valence-electron chi connectivity index (χ2n) is 5.70. The van der Waals surface area contributed by atoms with E-state index in [-0.39, 0.29) is 11.6 Å². The molecular weight excluding hydrogens is 241 g/mol. The summed E-state index contributed by atoms with van der Waals surface area (Å²) in [5.41, 5.74) is -0.0640. The summed E-state index contributed by atoms with van der Waals surface area (Å²) in [4.78, 5) is 2.04. The average molecular weight is 266 g/mol. The number of piperazine rings is 1. The Morgan fingerprint density at radius 3 is 2.44 bits per heavy atom. The Hall–Kier alpha value is -0.290. The molecule has 0 aromatic heterocycles. The van der Waals surface area contributed by atoms with Crippen LogP contribution in [0.4, 0.5) is 13.2 Å². The van der Waals surface area contributed by atoms with Gasteiger partial charge in [-0.3, -0.25) is 4.90 Å². The first-order valence-electron chi connectivity index (χ1n) is 6.78. The zero-order valence-electron chi connectivity index (χ0n) is 11.8. The Morgan fingerprint density at radius 2 is 2.00 bits per heavy atom. The van der Waals surface area contributed by atoms with Crippen LogP contribution in [0.2, 0.25) is 0 Å². The Labute approximate surface area is 108 Å². The number of halogens is 3. The van der Waals surface area contributed by atoms with Crippen LogP contribution >= 0.6 is 0 Å². The molecule has 1 heterocycles. The first-order valence-corrected chi connectivity index (χ1v) is 6.78. The predicted octanol–water partition coefficient (Wildman–Crippen LogP) is 3.18. The predicted molar refractivity (Wildman–Crippen MR) is 67.6 cm³/mol. The van der Waals surface area contributed by atoms with Crippen LogP contribution < -0.4 is 5.32 Å². The van der Waals surface area contributed by atoms with E-state index in [1.807, 2.05) is 11.8 Å². The van der Waals surface area contributed by atoms with Crippen LogP contribution in [0, 0.1) is 0 Å². The molecule has 5 heteroatoms. The van der Waals surface area contributed by atoms with Gasteiger partial charge in [-0.05, 0) is 26.7 Å². The molecule has 0 aliphatic carbocycles. The molecule has 0 aromatic rings. The van der Waals surface area contributed by atoms with E-state index in [2.05, 4.69) is 19.2 Å². The molecule has 0 radical (unpaired) electrons. The molecule has 0 saturated carbocycles. The zero-order chi connectivity index (χ0) is 14.0. The quantitative estimate of drug-likeness (QED) is 0.840. The van der Waals surface area contributed by atoms with E-state index in [4.69, 9.17) is 0 Å². The van der Waals surface area contributed by atoms with Crippen molar-refractivity contribution in [1.29, 1.82) is 0 Å². The summed E-state index contributed by atoms with van der Waals surface area (Å²) in [5.74, 6) is 0.